The van der Waals surface area contributed by atoms with Crippen molar-refractivity contribution in [3.05, 3.63) is 35.4 Å². The zero-order valence-electron chi connectivity index (χ0n) is 9.16. The third-order valence-electron chi connectivity index (χ3n) is 2.48. The SMILES string of the molecule is CCCCCCc1cccc(C(=O)[O-])c1. The number of carbonyl (C=O) groups excluding carboxylic acids is 1. The van der Waals surface area contributed by atoms with Crippen molar-refractivity contribution in [2.24, 2.45) is 0 Å². The molecule has 2 nitrogen and oxygen atoms in total. The minimum absolute atomic E-state index is 0.281. The summed E-state index contributed by atoms with van der Waals surface area (Å²) >= 11 is 0. The lowest BCUT2D eigenvalue weighted by molar-refractivity contribution is -0.255. The van der Waals surface area contributed by atoms with Gasteiger partial charge in [-0.1, -0.05) is 44.4 Å². The Morgan fingerprint density at radius 3 is 2.73 bits per heavy atom. The van der Waals surface area contributed by atoms with E-state index < -0.39 is 5.97 Å². The molecule has 0 atom stereocenters. The first-order valence-corrected chi connectivity index (χ1v) is 5.54. The highest BCUT2D eigenvalue weighted by atomic mass is 16.4. The highest BCUT2D eigenvalue weighted by Crippen LogP contribution is 2.09. The first-order chi connectivity index (χ1) is 7.24. The Morgan fingerprint density at radius 1 is 1.27 bits per heavy atom. The molecule has 0 radical (unpaired) electrons. The van der Waals surface area contributed by atoms with Gasteiger partial charge in [-0.15, -0.1) is 0 Å². The monoisotopic (exact) mass is 205 g/mol. The predicted molar refractivity (Wildman–Crippen MR) is 58.6 cm³/mol. The third kappa shape index (κ3) is 4.15. The van der Waals surface area contributed by atoms with E-state index in [0.717, 1.165) is 18.4 Å². The van der Waals surface area contributed by atoms with Crippen LogP contribution in [0.3, 0.4) is 0 Å². The van der Waals surface area contributed by atoms with E-state index in [2.05, 4.69) is 6.92 Å². The number of carbonyl (C=O) groups is 1. The smallest absolute Gasteiger partial charge is 0.0715 e. The molecule has 0 aromatic heterocycles. The average molecular weight is 205 g/mol. The molecular weight excluding hydrogens is 188 g/mol. The second-order valence-electron chi connectivity index (χ2n) is 3.80. The van der Waals surface area contributed by atoms with Crippen molar-refractivity contribution in [2.75, 3.05) is 0 Å². The van der Waals surface area contributed by atoms with Gasteiger partial charge in [0.15, 0.2) is 0 Å². The Bertz CT molecular complexity index is 318. The van der Waals surface area contributed by atoms with Gasteiger partial charge in [-0.3, -0.25) is 0 Å². The topological polar surface area (TPSA) is 40.1 Å². The normalized spacial score (nSPS) is 10.2. The van der Waals surface area contributed by atoms with Crippen LogP contribution in [0.2, 0.25) is 0 Å². The van der Waals surface area contributed by atoms with Gasteiger partial charge in [0, 0.05) is 0 Å². The van der Waals surface area contributed by atoms with Crippen molar-refractivity contribution >= 4 is 5.97 Å². The highest BCUT2D eigenvalue weighted by Gasteiger charge is 1.96. The molecule has 0 N–H and O–H groups in total. The molecule has 0 amide bonds. The van der Waals surface area contributed by atoms with Gasteiger partial charge in [-0.2, -0.15) is 0 Å². The minimum atomic E-state index is -1.09. The van der Waals surface area contributed by atoms with Crippen molar-refractivity contribution in [3.63, 3.8) is 0 Å². The van der Waals surface area contributed by atoms with Crippen molar-refractivity contribution in [1.29, 1.82) is 0 Å². The summed E-state index contributed by atoms with van der Waals surface area (Å²) in [5.74, 6) is -1.09. The summed E-state index contributed by atoms with van der Waals surface area (Å²) in [6.07, 6.45) is 5.77. The van der Waals surface area contributed by atoms with E-state index in [9.17, 15) is 9.90 Å². The quantitative estimate of drug-likeness (QED) is 0.668. The van der Waals surface area contributed by atoms with Crippen molar-refractivity contribution in [1.82, 2.24) is 0 Å². The van der Waals surface area contributed by atoms with Crippen LogP contribution in [-0.4, -0.2) is 5.97 Å². The molecule has 0 bridgehead atoms. The Balaban J connectivity index is 2.47. The largest absolute Gasteiger partial charge is 0.545 e. The molecule has 1 aromatic rings. The molecule has 0 unspecified atom stereocenters. The van der Waals surface area contributed by atoms with Crippen LogP contribution in [0.15, 0.2) is 24.3 Å². The minimum Gasteiger partial charge on any atom is -0.545 e. The van der Waals surface area contributed by atoms with Crippen molar-refractivity contribution in [2.45, 2.75) is 39.0 Å². The van der Waals surface area contributed by atoms with Gasteiger partial charge in [0.1, 0.15) is 0 Å². The lowest BCUT2D eigenvalue weighted by Crippen LogP contribution is -2.22. The molecule has 0 aliphatic rings. The fraction of sp³-hybridized carbons (Fsp3) is 0.462. The fourth-order valence-corrected chi connectivity index (χ4v) is 1.61. The van der Waals surface area contributed by atoms with Gasteiger partial charge in [0.25, 0.3) is 0 Å². The van der Waals surface area contributed by atoms with E-state index in [1.54, 1.807) is 18.2 Å². The number of rotatable bonds is 6. The fourth-order valence-electron chi connectivity index (χ4n) is 1.61. The van der Waals surface area contributed by atoms with Gasteiger partial charge in [0.2, 0.25) is 0 Å². The van der Waals surface area contributed by atoms with Crippen LogP contribution in [0.1, 0.15) is 48.5 Å². The molecule has 0 heterocycles. The molecule has 0 saturated carbocycles. The number of aromatic carboxylic acids is 1. The molecule has 0 saturated heterocycles. The third-order valence-corrected chi connectivity index (χ3v) is 2.48. The Kier molecular flexibility index (Phi) is 4.88. The number of carboxylic acid groups (broad SMARTS) is 1. The Labute approximate surface area is 90.9 Å². The average Bonchev–Trinajstić information content (AvgIpc) is 2.25. The van der Waals surface area contributed by atoms with Crippen LogP contribution >= 0.6 is 0 Å². The number of hydrogen-bond acceptors (Lipinski definition) is 2. The van der Waals surface area contributed by atoms with Crippen LogP contribution in [-0.2, 0) is 6.42 Å². The number of benzene rings is 1. The summed E-state index contributed by atoms with van der Waals surface area (Å²) in [5.41, 5.74) is 1.37. The second kappa shape index (κ2) is 6.23. The predicted octanol–water partition coefficient (Wildman–Crippen LogP) is 2.17. The molecular formula is C13H17O2-. The second-order valence-corrected chi connectivity index (χ2v) is 3.80. The van der Waals surface area contributed by atoms with Crippen LogP contribution in [0.5, 0.6) is 0 Å². The van der Waals surface area contributed by atoms with Crippen molar-refractivity contribution in [3.8, 4) is 0 Å². The number of hydrogen-bond donors (Lipinski definition) is 0. The number of carboxylic acids is 1. The molecule has 0 aliphatic carbocycles. The van der Waals surface area contributed by atoms with E-state index in [4.69, 9.17) is 0 Å². The van der Waals surface area contributed by atoms with Crippen LogP contribution in [0.25, 0.3) is 0 Å². The maximum Gasteiger partial charge on any atom is 0.0715 e. The summed E-state index contributed by atoms with van der Waals surface area (Å²) in [4.78, 5) is 10.6. The zero-order chi connectivity index (χ0) is 11.1. The van der Waals surface area contributed by atoms with Crippen molar-refractivity contribution < 1.29 is 9.90 Å². The van der Waals surface area contributed by atoms with E-state index in [1.807, 2.05) is 6.07 Å². The molecule has 2 heteroatoms. The van der Waals surface area contributed by atoms with Gasteiger partial charge < -0.3 is 9.90 Å². The molecule has 0 fully saturated rings. The first-order valence-electron chi connectivity index (χ1n) is 5.54. The molecule has 0 aliphatic heterocycles. The standard InChI is InChI=1S/C13H18O2/c1-2-3-4-5-7-11-8-6-9-12(10-11)13(14)15/h6,8-10H,2-5,7H2,1H3,(H,14,15)/p-1. The maximum atomic E-state index is 10.6. The lowest BCUT2D eigenvalue weighted by atomic mass is 10.0. The van der Waals surface area contributed by atoms with E-state index in [-0.39, 0.29) is 5.56 Å². The summed E-state index contributed by atoms with van der Waals surface area (Å²) in [6, 6.07) is 7.03. The first kappa shape index (κ1) is 11.8. The van der Waals surface area contributed by atoms with Gasteiger partial charge in [-0.25, -0.2) is 0 Å². The summed E-state index contributed by atoms with van der Waals surface area (Å²) in [6.45, 7) is 2.18. The number of unbranched alkanes of at least 4 members (excludes halogenated alkanes) is 3. The van der Waals surface area contributed by atoms with Crippen LogP contribution < -0.4 is 5.11 Å². The molecule has 1 aromatic carbocycles. The highest BCUT2D eigenvalue weighted by molar-refractivity contribution is 5.85. The van der Waals surface area contributed by atoms with E-state index in [1.165, 1.54) is 19.3 Å². The lowest BCUT2D eigenvalue weighted by Gasteiger charge is -2.05. The molecule has 0 spiro atoms. The zero-order valence-corrected chi connectivity index (χ0v) is 9.16. The van der Waals surface area contributed by atoms with Gasteiger partial charge >= 0.3 is 0 Å². The summed E-state index contributed by atoms with van der Waals surface area (Å²) in [5, 5.41) is 10.6. The Morgan fingerprint density at radius 2 is 2.07 bits per heavy atom. The van der Waals surface area contributed by atoms with Crippen LogP contribution in [0.4, 0.5) is 0 Å². The van der Waals surface area contributed by atoms with E-state index >= 15 is 0 Å². The molecule has 82 valence electrons. The summed E-state index contributed by atoms with van der Waals surface area (Å²) < 4.78 is 0. The van der Waals surface area contributed by atoms with Gasteiger partial charge in [0.05, 0.1) is 5.97 Å². The molecule has 15 heavy (non-hydrogen) atoms. The van der Waals surface area contributed by atoms with Crippen LogP contribution in [0, 0.1) is 0 Å². The maximum absolute atomic E-state index is 10.6. The van der Waals surface area contributed by atoms with Gasteiger partial charge in [-0.05, 0) is 30.0 Å². The summed E-state index contributed by atoms with van der Waals surface area (Å²) in [7, 11) is 0. The Hall–Kier alpha value is -1.31. The number of aryl methyl sites for hydroxylation is 1. The molecule has 1 rings (SSSR count). The van der Waals surface area contributed by atoms with E-state index in [0.29, 0.717) is 0 Å².